The molecule has 4 aromatic rings. The average molecular weight is 623 g/mol. The fourth-order valence-corrected chi connectivity index (χ4v) is 6.52. The third-order valence-corrected chi connectivity index (χ3v) is 8.91. The summed E-state index contributed by atoms with van der Waals surface area (Å²) in [4.78, 5) is 0. The van der Waals surface area contributed by atoms with E-state index in [4.69, 9.17) is 0 Å². The molecule has 0 aliphatic heterocycles. The van der Waals surface area contributed by atoms with Crippen LogP contribution in [0.5, 0.6) is 23.0 Å². The van der Waals surface area contributed by atoms with Crippen LogP contribution in [0.3, 0.4) is 0 Å². The van der Waals surface area contributed by atoms with Crippen LogP contribution in [-0.4, -0.2) is 20.4 Å². The van der Waals surface area contributed by atoms with Gasteiger partial charge in [0.15, 0.2) is 0 Å². The second-order valence-corrected chi connectivity index (χ2v) is 16.5. The Morgan fingerprint density at radius 2 is 0.630 bits per heavy atom. The van der Waals surface area contributed by atoms with E-state index in [1.807, 2.05) is 69.3 Å². The minimum absolute atomic E-state index is 0.157. The highest BCUT2D eigenvalue weighted by Gasteiger charge is 2.25. The van der Waals surface area contributed by atoms with Gasteiger partial charge in [0.25, 0.3) is 0 Å². The largest absolute Gasteiger partial charge is 0.507 e. The molecule has 0 heterocycles. The molecular formula is C42H54O4. The molecule has 0 amide bonds. The van der Waals surface area contributed by atoms with Gasteiger partial charge >= 0.3 is 0 Å². The van der Waals surface area contributed by atoms with E-state index in [9.17, 15) is 20.4 Å². The van der Waals surface area contributed by atoms with Gasteiger partial charge in [-0.05, 0) is 87.1 Å². The number of aromatic hydroxyl groups is 4. The predicted octanol–water partition coefficient (Wildman–Crippen LogP) is 10.1. The first-order valence-corrected chi connectivity index (χ1v) is 16.4. The van der Waals surface area contributed by atoms with Crippen molar-refractivity contribution < 1.29 is 20.4 Å². The van der Waals surface area contributed by atoms with E-state index in [1.165, 1.54) is 0 Å². The van der Waals surface area contributed by atoms with Gasteiger partial charge in [0.2, 0.25) is 0 Å². The number of hydrogen-bond acceptors (Lipinski definition) is 4. The Hall–Kier alpha value is -3.92. The van der Waals surface area contributed by atoms with E-state index >= 15 is 0 Å². The zero-order valence-corrected chi connectivity index (χ0v) is 30.0. The molecule has 0 spiro atoms. The van der Waals surface area contributed by atoms with Crippen LogP contribution in [0.1, 0.15) is 129 Å². The van der Waals surface area contributed by atoms with Gasteiger partial charge in [0.05, 0.1) is 0 Å². The van der Waals surface area contributed by atoms with Gasteiger partial charge in [-0.15, -0.1) is 0 Å². The van der Waals surface area contributed by atoms with Gasteiger partial charge in [0, 0.05) is 19.3 Å². The van der Waals surface area contributed by atoms with E-state index in [0.717, 1.165) is 55.6 Å². The second kappa shape index (κ2) is 12.4. The van der Waals surface area contributed by atoms with Gasteiger partial charge in [-0.1, -0.05) is 128 Å². The zero-order valence-electron chi connectivity index (χ0n) is 30.0. The highest BCUT2D eigenvalue weighted by atomic mass is 16.3. The van der Waals surface area contributed by atoms with E-state index in [2.05, 4.69) is 62.3 Å². The van der Waals surface area contributed by atoms with Crippen molar-refractivity contribution in [3.05, 3.63) is 115 Å². The SMILES string of the molecule is Cc1cc(Cc2cc(Cc3cc(C)cc(C(C)(C)C)c3O)c(O)c(Cc3cc(C)cc(C(C)(C)C)c3O)c2)c(O)c(C(C)(C)C)c1. The van der Waals surface area contributed by atoms with E-state index in [-0.39, 0.29) is 33.5 Å². The van der Waals surface area contributed by atoms with Crippen molar-refractivity contribution in [2.24, 2.45) is 0 Å². The van der Waals surface area contributed by atoms with Crippen LogP contribution in [0.4, 0.5) is 0 Å². The topological polar surface area (TPSA) is 80.9 Å². The maximum Gasteiger partial charge on any atom is 0.122 e. The lowest BCUT2D eigenvalue weighted by Crippen LogP contribution is -2.13. The minimum atomic E-state index is -0.249. The molecule has 246 valence electrons. The molecule has 4 heteroatoms. The van der Waals surface area contributed by atoms with Crippen molar-refractivity contribution >= 4 is 0 Å². The van der Waals surface area contributed by atoms with Crippen LogP contribution in [-0.2, 0) is 35.5 Å². The Morgan fingerprint density at radius 1 is 0.370 bits per heavy atom. The molecule has 0 atom stereocenters. The summed E-state index contributed by atoms with van der Waals surface area (Å²) in [5.74, 6) is 0.957. The van der Waals surface area contributed by atoms with Gasteiger partial charge in [-0.3, -0.25) is 0 Å². The molecule has 0 bridgehead atoms. The normalized spacial score (nSPS) is 12.5. The first-order chi connectivity index (χ1) is 21.1. The van der Waals surface area contributed by atoms with Crippen molar-refractivity contribution in [1.29, 1.82) is 0 Å². The van der Waals surface area contributed by atoms with Crippen LogP contribution in [0.25, 0.3) is 0 Å². The number of phenolic OH excluding ortho intramolecular Hbond substituents is 4. The van der Waals surface area contributed by atoms with Crippen molar-refractivity contribution in [3.8, 4) is 23.0 Å². The third-order valence-electron chi connectivity index (χ3n) is 8.91. The summed E-state index contributed by atoms with van der Waals surface area (Å²) >= 11 is 0. The second-order valence-electron chi connectivity index (χ2n) is 16.5. The fraction of sp³-hybridized carbons (Fsp3) is 0.429. The van der Waals surface area contributed by atoms with Gasteiger partial charge in [0.1, 0.15) is 23.0 Å². The van der Waals surface area contributed by atoms with Gasteiger partial charge in [-0.25, -0.2) is 0 Å². The smallest absolute Gasteiger partial charge is 0.122 e. The monoisotopic (exact) mass is 622 g/mol. The lowest BCUT2D eigenvalue weighted by atomic mass is 9.82. The molecule has 4 N–H and O–H groups in total. The molecule has 0 aromatic heterocycles. The lowest BCUT2D eigenvalue weighted by Gasteiger charge is -2.24. The summed E-state index contributed by atoms with van der Waals surface area (Å²) in [7, 11) is 0. The van der Waals surface area contributed by atoms with Crippen LogP contribution in [0.15, 0.2) is 48.5 Å². The van der Waals surface area contributed by atoms with Crippen LogP contribution < -0.4 is 0 Å². The Kier molecular flexibility index (Phi) is 9.39. The molecular weight excluding hydrogens is 568 g/mol. The standard InChI is InChI=1S/C42H54O4/c1-24-13-28(37(44)33(16-24)40(4,5)6)19-27-20-31(22-29-14-25(2)17-34(38(29)45)41(7,8)9)36(43)32(21-27)23-30-15-26(3)18-35(39(30)46)42(10,11)12/h13-18,20-21,43-46H,19,22-23H2,1-12H3. The average Bonchev–Trinajstić information content (AvgIpc) is 2.90. The van der Waals surface area contributed by atoms with E-state index in [0.29, 0.717) is 36.1 Å². The van der Waals surface area contributed by atoms with Crippen LogP contribution in [0.2, 0.25) is 0 Å². The third kappa shape index (κ3) is 7.54. The summed E-state index contributed by atoms with van der Waals surface area (Å²) < 4.78 is 0. The zero-order chi connectivity index (χ0) is 34.5. The summed E-state index contributed by atoms with van der Waals surface area (Å²) in [5.41, 5.74) is 9.77. The van der Waals surface area contributed by atoms with Crippen LogP contribution in [0, 0.1) is 20.8 Å². The molecule has 0 radical (unpaired) electrons. The molecule has 0 aliphatic rings. The highest BCUT2D eigenvalue weighted by molar-refractivity contribution is 5.56. The van der Waals surface area contributed by atoms with Gasteiger partial charge < -0.3 is 20.4 Å². The molecule has 4 rings (SSSR count). The number of benzene rings is 4. The molecule has 0 aliphatic carbocycles. The Balaban J connectivity index is 1.91. The maximum atomic E-state index is 11.8. The summed E-state index contributed by atoms with van der Waals surface area (Å²) in [6.45, 7) is 24.9. The number of rotatable bonds is 6. The molecule has 0 saturated carbocycles. The quantitative estimate of drug-likeness (QED) is 0.172. The molecule has 0 unspecified atom stereocenters. The summed E-state index contributed by atoms with van der Waals surface area (Å²) in [5, 5.41) is 46.0. The number of phenols is 4. The Labute approximate surface area is 276 Å². The predicted molar refractivity (Wildman–Crippen MR) is 191 cm³/mol. The fourth-order valence-electron chi connectivity index (χ4n) is 6.52. The van der Waals surface area contributed by atoms with Crippen molar-refractivity contribution in [1.82, 2.24) is 0 Å². The van der Waals surface area contributed by atoms with E-state index in [1.54, 1.807) is 0 Å². The van der Waals surface area contributed by atoms with Crippen molar-refractivity contribution in [2.45, 2.75) is 119 Å². The summed E-state index contributed by atoms with van der Waals surface area (Å²) in [6, 6.07) is 16.1. The highest BCUT2D eigenvalue weighted by Crippen LogP contribution is 2.41. The molecule has 4 nitrogen and oxygen atoms in total. The van der Waals surface area contributed by atoms with Gasteiger partial charge in [-0.2, -0.15) is 0 Å². The number of hydrogen-bond donors (Lipinski definition) is 4. The lowest BCUT2D eigenvalue weighted by molar-refractivity contribution is 0.438. The Bertz CT molecular complexity index is 1680. The molecule has 46 heavy (non-hydrogen) atoms. The minimum Gasteiger partial charge on any atom is -0.507 e. The Morgan fingerprint density at radius 3 is 0.913 bits per heavy atom. The molecule has 0 fully saturated rings. The first-order valence-electron chi connectivity index (χ1n) is 16.4. The van der Waals surface area contributed by atoms with E-state index < -0.39 is 0 Å². The van der Waals surface area contributed by atoms with Crippen molar-refractivity contribution in [2.75, 3.05) is 0 Å². The van der Waals surface area contributed by atoms with Crippen molar-refractivity contribution in [3.63, 3.8) is 0 Å². The molecule has 4 aromatic carbocycles. The summed E-state index contributed by atoms with van der Waals surface area (Å²) in [6.07, 6.45) is 1.14. The number of aryl methyl sites for hydroxylation is 3. The van der Waals surface area contributed by atoms with Crippen LogP contribution >= 0.6 is 0 Å². The maximum absolute atomic E-state index is 11.8. The molecule has 0 saturated heterocycles. The first kappa shape index (κ1) is 34.9.